The third-order valence-electron chi connectivity index (χ3n) is 3.27. The third-order valence-corrected chi connectivity index (χ3v) is 3.27. The van der Waals surface area contributed by atoms with E-state index in [1.54, 1.807) is 30.4 Å². The van der Waals surface area contributed by atoms with Crippen molar-refractivity contribution in [3.8, 4) is 0 Å². The van der Waals surface area contributed by atoms with E-state index < -0.39 is 0 Å². The molecule has 0 atom stereocenters. The van der Waals surface area contributed by atoms with Crippen LogP contribution in [0.3, 0.4) is 0 Å². The highest BCUT2D eigenvalue weighted by Gasteiger charge is 2.13. The van der Waals surface area contributed by atoms with E-state index in [0.717, 1.165) is 24.9 Å². The second-order valence-electron chi connectivity index (χ2n) is 5.05. The lowest BCUT2D eigenvalue weighted by Crippen LogP contribution is -2.29. The number of aromatic nitrogens is 3. The molecule has 0 spiro atoms. The first kappa shape index (κ1) is 15.9. The predicted octanol–water partition coefficient (Wildman–Crippen LogP) is 2.01. The van der Waals surface area contributed by atoms with E-state index >= 15 is 0 Å². The van der Waals surface area contributed by atoms with Gasteiger partial charge in [-0.1, -0.05) is 6.92 Å². The summed E-state index contributed by atoms with van der Waals surface area (Å²) in [6, 6.07) is 5.60. The molecule has 2 heterocycles. The summed E-state index contributed by atoms with van der Waals surface area (Å²) in [5, 5.41) is 3.16. The normalized spacial score (nSPS) is 10.3. The molecule has 2 rings (SSSR count). The van der Waals surface area contributed by atoms with Crippen molar-refractivity contribution in [2.45, 2.75) is 19.8 Å². The average molecular weight is 299 g/mol. The first-order chi connectivity index (χ1) is 10.7. The van der Waals surface area contributed by atoms with Crippen molar-refractivity contribution in [3.05, 3.63) is 48.2 Å². The summed E-state index contributed by atoms with van der Waals surface area (Å²) in [4.78, 5) is 26.2. The van der Waals surface area contributed by atoms with Crippen molar-refractivity contribution in [2.75, 3.05) is 25.5 Å². The average Bonchev–Trinajstić information content (AvgIpc) is 2.58. The fourth-order valence-corrected chi connectivity index (χ4v) is 1.97. The molecule has 0 aromatic carbocycles. The molecule has 0 fully saturated rings. The highest BCUT2D eigenvalue weighted by molar-refractivity contribution is 5.92. The summed E-state index contributed by atoms with van der Waals surface area (Å²) in [5.74, 6) is 0.582. The van der Waals surface area contributed by atoms with Gasteiger partial charge in [0.15, 0.2) is 0 Å². The Labute approximate surface area is 130 Å². The number of hydrogen-bond donors (Lipinski definition) is 1. The van der Waals surface area contributed by atoms with E-state index in [4.69, 9.17) is 0 Å². The number of likely N-dealkylation sites (N-methyl/N-ethyl adjacent to an activating group) is 1. The number of carbonyl (C=O) groups excluding carboxylic acids is 1. The van der Waals surface area contributed by atoms with E-state index in [1.807, 2.05) is 12.1 Å². The van der Waals surface area contributed by atoms with Gasteiger partial charge in [0.1, 0.15) is 17.8 Å². The lowest BCUT2D eigenvalue weighted by Gasteiger charge is -2.17. The van der Waals surface area contributed by atoms with Crippen molar-refractivity contribution in [2.24, 2.45) is 0 Å². The zero-order valence-electron chi connectivity index (χ0n) is 13.0. The Kier molecular flexibility index (Phi) is 5.82. The van der Waals surface area contributed by atoms with Crippen molar-refractivity contribution < 1.29 is 4.79 Å². The molecule has 116 valence electrons. The molecule has 2 aromatic heterocycles. The molecule has 0 aliphatic carbocycles. The molecule has 0 bridgehead atoms. The Morgan fingerprint density at radius 3 is 2.77 bits per heavy atom. The minimum Gasteiger partial charge on any atom is -0.370 e. The lowest BCUT2D eigenvalue weighted by molar-refractivity contribution is 0.0790. The van der Waals surface area contributed by atoms with Crippen LogP contribution in [0.2, 0.25) is 0 Å². The number of nitrogens with zero attached hydrogens (tertiary/aromatic N) is 4. The van der Waals surface area contributed by atoms with Crippen molar-refractivity contribution in [1.82, 2.24) is 19.9 Å². The summed E-state index contributed by atoms with van der Waals surface area (Å²) in [7, 11) is 1.78. The molecule has 0 aliphatic rings. The van der Waals surface area contributed by atoms with Crippen LogP contribution < -0.4 is 5.32 Å². The maximum Gasteiger partial charge on any atom is 0.272 e. The Balaban J connectivity index is 1.95. The molecule has 0 unspecified atom stereocenters. The molecule has 0 aliphatic heterocycles. The third kappa shape index (κ3) is 4.51. The van der Waals surface area contributed by atoms with Crippen LogP contribution in [0, 0.1) is 0 Å². The fourth-order valence-electron chi connectivity index (χ4n) is 1.97. The Bertz CT molecular complexity index is 602. The molecule has 0 saturated carbocycles. The monoisotopic (exact) mass is 299 g/mol. The second kappa shape index (κ2) is 8.07. The first-order valence-corrected chi connectivity index (χ1v) is 7.41. The fraction of sp³-hybridized carbons (Fsp3) is 0.375. The van der Waals surface area contributed by atoms with E-state index in [-0.39, 0.29) is 5.91 Å². The number of pyridine rings is 1. The van der Waals surface area contributed by atoms with Gasteiger partial charge in [-0.15, -0.1) is 0 Å². The molecule has 1 amide bonds. The predicted molar refractivity (Wildman–Crippen MR) is 85.7 cm³/mol. The van der Waals surface area contributed by atoms with Crippen LogP contribution in [-0.4, -0.2) is 45.9 Å². The largest absolute Gasteiger partial charge is 0.370 e. The topological polar surface area (TPSA) is 71.0 Å². The lowest BCUT2D eigenvalue weighted by atomic mass is 10.2. The molecule has 0 radical (unpaired) electrons. The standard InChI is InChI=1S/C16H21N5O/c1-3-7-18-15-11-14(19-12-20-15)16(22)21(2)10-6-13-4-8-17-9-5-13/h4-5,8-9,11-12H,3,6-7,10H2,1-2H3,(H,18,19,20). The molecule has 6 heteroatoms. The molecule has 0 saturated heterocycles. The van der Waals surface area contributed by atoms with Gasteiger partial charge in [0.2, 0.25) is 0 Å². The summed E-state index contributed by atoms with van der Waals surface area (Å²) >= 11 is 0. The van der Waals surface area contributed by atoms with Crippen LogP contribution in [0.5, 0.6) is 0 Å². The van der Waals surface area contributed by atoms with Gasteiger partial charge in [0, 0.05) is 38.6 Å². The minimum atomic E-state index is -0.101. The van der Waals surface area contributed by atoms with Gasteiger partial charge in [-0.3, -0.25) is 9.78 Å². The number of hydrogen-bond acceptors (Lipinski definition) is 5. The van der Waals surface area contributed by atoms with Crippen LogP contribution in [0.25, 0.3) is 0 Å². The zero-order chi connectivity index (χ0) is 15.8. The highest BCUT2D eigenvalue weighted by atomic mass is 16.2. The number of nitrogens with one attached hydrogen (secondary N) is 1. The first-order valence-electron chi connectivity index (χ1n) is 7.41. The van der Waals surface area contributed by atoms with Gasteiger partial charge in [-0.2, -0.15) is 0 Å². The van der Waals surface area contributed by atoms with Gasteiger partial charge in [-0.05, 0) is 30.5 Å². The van der Waals surface area contributed by atoms with Gasteiger partial charge >= 0.3 is 0 Å². The van der Waals surface area contributed by atoms with Gasteiger partial charge in [0.25, 0.3) is 5.91 Å². The molecule has 22 heavy (non-hydrogen) atoms. The number of carbonyl (C=O) groups is 1. The van der Waals surface area contributed by atoms with E-state index in [0.29, 0.717) is 18.1 Å². The van der Waals surface area contributed by atoms with Crippen molar-refractivity contribution in [3.63, 3.8) is 0 Å². The Hall–Kier alpha value is -2.50. The number of amides is 1. The molecule has 2 aromatic rings. The summed E-state index contributed by atoms with van der Waals surface area (Å²) in [5.41, 5.74) is 1.56. The summed E-state index contributed by atoms with van der Waals surface area (Å²) in [6.45, 7) is 3.53. The molecular formula is C16H21N5O. The smallest absolute Gasteiger partial charge is 0.272 e. The number of rotatable bonds is 7. The van der Waals surface area contributed by atoms with E-state index in [1.165, 1.54) is 6.33 Å². The summed E-state index contributed by atoms with van der Waals surface area (Å²) < 4.78 is 0. The van der Waals surface area contributed by atoms with Crippen LogP contribution in [0.4, 0.5) is 5.82 Å². The highest BCUT2D eigenvalue weighted by Crippen LogP contribution is 2.07. The van der Waals surface area contributed by atoms with Crippen LogP contribution in [-0.2, 0) is 6.42 Å². The van der Waals surface area contributed by atoms with E-state index in [9.17, 15) is 4.79 Å². The van der Waals surface area contributed by atoms with Gasteiger partial charge in [0.05, 0.1) is 0 Å². The summed E-state index contributed by atoms with van der Waals surface area (Å²) in [6.07, 6.45) is 6.72. The quantitative estimate of drug-likeness (QED) is 0.847. The second-order valence-corrected chi connectivity index (χ2v) is 5.05. The Morgan fingerprint density at radius 2 is 2.05 bits per heavy atom. The van der Waals surface area contributed by atoms with Crippen molar-refractivity contribution >= 4 is 11.7 Å². The zero-order valence-corrected chi connectivity index (χ0v) is 13.0. The van der Waals surface area contributed by atoms with Crippen LogP contribution >= 0.6 is 0 Å². The molecule has 1 N–H and O–H groups in total. The Morgan fingerprint density at radius 1 is 1.27 bits per heavy atom. The molecule has 6 nitrogen and oxygen atoms in total. The van der Waals surface area contributed by atoms with Gasteiger partial charge < -0.3 is 10.2 Å². The maximum absolute atomic E-state index is 12.4. The SMILES string of the molecule is CCCNc1cc(C(=O)N(C)CCc2ccncc2)ncn1. The van der Waals surface area contributed by atoms with Crippen molar-refractivity contribution in [1.29, 1.82) is 0 Å². The number of anilines is 1. The molecular weight excluding hydrogens is 278 g/mol. The van der Waals surface area contributed by atoms with Gasteiger partial charge in [-0.25, -0.2) is 9.97 Å². The minimum absolute atomic E-state index is 0.101. The maximum atomic E-state index is 12.4. The van der Waals surface area contributed by atoms with E-state index in [2.05, 4.69) is 27.2 Å². The van der Waals surface area contributed by atoms with Crippen LogP contribution in [0.15, 0.2) is 36.9 Å². The van der Waals surface area contributed by atoms with Crippen LogP contribution in [0.1, 0.15) is 29.4 Å².